The smallest absolute Gasteiger partial charge is 0.0715 e. The lowest BCUT2D eigenvalue weighted by Crippen LogP contribution is -2.35. The first-order valence-corrected chi connectivity index (χ1v) is 4.90. The zero-order valence-corrected chi connectivity index (χ0v) is 8.83. The van der Waals surface area contributed by atoms with E-state index in [-0.39, 0.29) is 0 Å². The number of aliphatic hydroxyl groups is 1. The fourth-order valence-electron chi connectivity index (χ4n) is 1.18. The molecule has 0 radical (unpaired) electrons. The van der Waals surface area contributed by atoms with Crippen LogP contribution in [0.3, 0.4) is 0 Å². The predicted octanol–water partition coefficient (Wildman–Crippen LogP) is 0.985. The van der Waals surface area contributed by atoms with Gasteiger partial charge >= 0.3 is 0 Å². The van der Waals surface area contributed by atoms with Crippen molar-refractivity contribution in [2.45, 2.75) is 25.9 Å². The summed E-state index contributed by atoms with van der Waals surface area (Å²) in [7, 11) is 0. The zero-order valence-electron chi connectivity index (χ0n) is 8.83. The first-order valence-electron chi connectivity index (χ1n) is 4.90. The topological polar surface area (TPSA) is 45.1 Å². The van der Waals surface area contributed by atoms with Gasteiger partial charge in [-0.05, 0) is 44.5 Å². The number of pyridine rings is 1. The van der Waals surface area contributed by atoms with Crippen molar-refractivity contribution in [1.29, 1.82) is 0 Å². The Hall–Kier alpha value is -0.930. The van der Waals surface area contributed by atoms with Crippen LogP contribution in [0.5, 0.6) is 0 Å². The van der Waals surface area contributed by atoms with Gasteiger partial charge in [-0.25, -0.2) is 0 Å². The molecule has 14 heavy (non-hydrogen) atoms. The summed E-state index contributed by atoms with van der Waals surface area (Å²) in [6.07, 6.45) is 4.56. The van der Waals surface area contributed by atoms with E-state index in [2.05, 4.69) is 10.3 Å². The molecule has 78 valence electrons. The Balaban J connectivity index is 2.17. The highest BCUT2D eigenvalue weighted by atomic mass is 16.3. The van der Waals surface area contributed by atoms with Crippen LogP contribution < -0.4 is 5.32 Å². The van der Waals surface area contributed by atoms with Crippen molar-refractivity contribution in [2.75, 3.05) is 13.1 Å². The van der Waals surface area contributed by atoms with Crippen LogP contribution in [0.25, 0.3) is 0 Å². The Labute approximate surface area is 85.2 Å². The van der Waals surface area contributed by atoms with Gasteiger partial charge in [-0.2, -0.15) is 0 Å². The number of rotatable bonds is 5. The van der Waals surface area contributed by atoms with Gasteiger partial charge in [-0.3, -0.25) is 4.98 Å². The first kappa shape index (κ1) is 11.1. The van der Waals surface area contributed by atoms with Crippen molar-refractivity contribution in [2.24, 2.45) is 0 Å². The molecule has 1 heterocycles. The highest BCUT2D eigenvalue weighted by Crippen LogP contribution is 1.99. The van der Waals surface area contributed by atoms with Crippen molar-refractivity contribution < 1.29 is 5.11 Å². The molecule has 1 rings (SSSR count). The van der Waals surface area contributed by atoms with Crippen LogP contribution >= 0.6 is 0 Å². The molecule has 3 nitrogen and oxygen atoms in total. The Morgan fingerprint density at radius 3 is 2.57 bits per heavy atom. The molecule has 0 aliphatic carbocycles. The molecule has 0 atom stereocenters. The Bertz CT molecular complexity index is 254. The van der Waals surface area contributed by atoms with E-state index in [1.54, 1.807) is 26.2 Å². The van der Waals surface area contributed by atoms with E-state index in [9.17, 15) is 5.11 Å². The summed E-state index contributed by atoms with van der Waals surface area (Å²) in [6, 6.07) is 4.01. The Morgan fingerprint density at radius 2 is 2.00 bits per heavy atom. The number of aromatic nitrogens is 1. The van der Waals surface area contributed by atoms with E-state index >= 15 is 0 Å². The first-order chi connectivity index (χ1) is 6.58. The van der Waals surface area contributed by atoms with E-state index in [1.165, 1.54) is 5.56 Å². The number of nitrogens with one attached hydrogen (secondary N) is 1. The molecule has 1 aromatic heterocycles. The van der Waals surface area contributed by atoms with E-state index in [0.717, 1.165) is 13.0 Å². The van der Waals surface area contributed by atoms with Gasteiger partial charge in [-0.1, -0.05) is 0 Å². The monoisotopic (exact) mass is 194 g/mol. The van der Waals surface area contributed by atoms with Crippen molar-refractivity contribution in [3.05, 3.63) is 30.1 Å². The van der Waals surface area contributed by atoms with E-state index in [0.29, 0.717) is 6.54 Å². The Kier molecular flexibility index (Phi) is 4.04. The van der Waals surface area contributed by atoms with Crippen LogP contribution in [0.15, 0.2) is 24.5 Å². The molecule has 0 bridgehead atoms. The summed E-state index contributed by atoms with van der Waals surface area (Å²) in [5, 5.41) is 12.6. The van der Waals surface area contributed by atoms with Crippen LogP contribution in [0.4, 0.5) is 0 Å². The standard InChI is InChI=1S/C11H18N2O/c1-11(2,14)9-13-8-5-10-3-6-12-7-4-10/h3-4,6-7,13-14H,5,8-9H2,1-2H3. The van der Waals surface area contributed by atoms with Crippen LogP contribution in [-0.2, 0) is 6.42 Å². The lowest BCUT2D eigenvalue weighted by atomic mass is 10.1. The molecule has 0 saturated carbocycles. The summed E-state index contributed by atoms with van der Waals surface area (Å²) < 4.78 is 0. The summed E-state index contributed by atoms with van der Waals surface area (Å²) >= 11 is 0. The second-order valence-electron chi connectivity index (χ2n) is 4.09. The van der Waals surface area contributed by atoms with Crippen molar-refractivity contribution in [3.8, 4) is 0 Å². The van der Waals surface area contributed by atoms with Crippen LogP contribution in [0.2, 0.25) is 0 Å². The van der Waals surface area contributed by atoms with Crippen LogP contribution in [0.1, 0.15) is 19.4 Å². The maximum Gasteiger partial charge on any atom is 0.0715 e. The van der Waals surface area contributed by atoms with Crippen LogP contribution in [-0.4, -0.2) is 28.8 Å². The number of nitrogens with zero attached hydrogens (tertiary/aromatic N) is 1. The molecular formula is C11H18N2O. The molecule has 0 saturated heterocycles. The van der Waals surface area contributed by atoms with Crippen molar-refractivity contribution in [1.82, 2.24) is 10.3 Å². The highest BCUT2D eigenvalue weighted by Gasteiger charge is 2.10. The normalized spacial score (nSPS) is 11.6. The third-order valence-electron chi connectivity index (χ3n) is 1.90. The predicted molar refractivity (Wildman–Crippen MR) is 57.1 cm³/mol. The molecule has 0 spiro atoms. The summed E-state index contributed by atoms with van der Waals surface area (Å²) in [5.41, 5.74) is 0.640. The maximum absolute atomic E-state index is 9.44. The van der Waals surface area contributed by atoms with Gasteiger partial charge in [-0.15, -0.1) is 0 Å². The number of hydrogen-bond donors (Lipinski definition) is 2. The summed E-state index contributed by atoms with van der Waals surface area (Å²) in [5.74, 6) is 0. The summed E-state index contributed by atoms with van der Waals surface area (Å²) in [6.45, 7) is 5.10. The van der Waals surface area contributed by atoms with Gasteiger partial charge in [0.05, 0.1) is 5.60 Å². The SMILES string of the molecule is CC(C)(O)CNCCc1ccncc1. The highest BCUT2D eigenvalue weighted by molar-refractivity contribution is 5.09. The molecule has 0 fully saturated rings. The molecule has 1 aromatic rings. The van der Waals surface area contributed by atoms with E-state index < -0.39 is 5.60 Å². The second kappa shape index (κ2) is 5.08. The fraction of sp³-hybridized carbons (Fsp3) is 0.545. The lowest BCUT2D eigenvalue weighted by molar-refractivity contribution is 0.0801. The van der Waals surface area contributed by atoms with E-state index in [1.807, 2.05) is 12.1 Å². The van der Waals surface area contributed by atoms with E-state index in [4.69, 9.17) is 0 Å². The zero-order chi connectivity index (χ0) is 10.4. The van der Waals surface area contributed by atoms with Crippen molar-refractivity contribution in [3.63, 3.8) is 0 Å². The number of hydrogen-bond acceptors (Lipinski definition) is 3. The van der Waals surface area contributed by atoms with Gasteiger partial charge in [0.1, 0.15) is 0 Å². The van der Waals surface area contributed by atoms with Gasteiger partial charge in [0.15, 0.2) is 0 Å². The molecular weight excluding hydrogens is 176 g/mol. The fourth-order valence-corrected chi connectivity index (χ4v) is 1.18. The maximum atomic E-state index is 9.44. The average Bonchev–Trinajstić information content (AvgIpc) is 2.13. The van der Waals surface area contributed by atoms with Gasteiger partial charge in [0.25, 0.3) is 0 Å². The van der Waals surface area contributed by atoms with Gasteiger partial charge in [0.2, 0.25) is 0 Å². The molecule has 0 unspecified atom stereocenters. The second-order valence-corrected chi connectivity index (χ2v) is 4.09. The summed E-state index contributed by atoms with van der Waals surface area (Å²) in [4.78, 5) is 3.95. The molecule has 0 aliphatic heterocycles. The molecule has 0 amide bonds. The van der Waals surface area contributed by atoms with Crippen molar-refractivity contribution >= 4 is 0 Å². The quantitative estimate of drug-likeness (QED) is 0.687. The Morgan fingerprint density at radius 1 is 1.36 bits per heavy atom. The lowest BCUT2D eigenvalue weighted by Gasteiger charge is -2.17. The van der Waals surface area contributed by atoms with Gasteiger partial charge in [0, 0.05) is 18.9 Å². The van der Waals surface area contributed by atoms with Crippen LogP contribution in [0, 0.1) is 0 Å². The average molecular weight is 194 g/mol. The molecule has 3 heteroatoms. The minimum absolute atomic E-state index is 0.623. The molecule has 0 aliphatic rings. The molecule has 0 aromatic carbocycles. The minimum Gasteiger partial charge on any atom is -0.389 e. The third-order valence-corrected chi connectivity index (χ3v) is 1.90. The molecule has 2 N–H and O–H groups in total. The largest absolute Gasteiger partial charge is 0.389 e. The third kappa shape index (κ3) is 4.94. The van der Waals surface area contributed by atoms with Gasteiger partial charge < -0.3 is 10.4 Å². The minimum atomic E-state index is -0.627.